The Hall–Kier alpha value is 0.400. The van der Waals surface area contributed by atoms with Crippen molar-refractivity contribution in [2.24, 2.45) is 5.92 Å². The van der Waals surface area contributed by atoms with Crippen LogP contribution in [0, 0.1) is 13.1 Å². The van der Waals surface area contributed by atoms with E-state index in [-0.39, 0.29) is 0 Å². The third kappa shape index (κ3) is 3.59. The van der Waals surface area contributed by atoms with Crippen LogP contribution in [0.25, 0.3) is 0 Å². The number of benzene rings is 1. The van der Waals surface area contributed by atoms with Crippen LogP contribution in [0.4, 0.5) is 0 Å². The predicted octanol–water partition coefficient (Wildman–Crippen LogP) is 3.35. The lowest BCUT2D eigenvalue weighted by molar-refractivity contribution is 0.158. The minimum absolute atomic E-state index is 0.382. The highest BCUT2D eigenvalue weighted by Crippen LogP contribution is 2.43. The quantitative estimate of drug-likeness (QED) is 0.626. The van der Waals surface area contributed by atoms with Gasteiger partial charge in [-0.1, -0.05) is 12.8 Å². The Morgan fingerprint density at radius 1 is 1.25 bits per heavy atom. The second-order valence-electron chi connectivity index (χ2n) is 5.81. The van der Waals surface area contributed by atoms with Crippen LogP contribution in [0.15, 0.2) is 12.1 Å². The fourth-order valence-electron chi connectivity index (χ4n) is 2.98. The molecule has 3 nitrogen and oxygen atoms in total. The minimum Gasteiger partial charge on any atom is -0.506 e. The Morgan fingerprint density at radius 2 is 1.95 bits per heavy atom. The van der Waals surface area contributed by atoms with Crippen molar-refractivity contribution in [1.29, 1.82) is 0 Å². The van der Waals surface area contributed by atoms with E-state index in [4.69, 9.17) is 0 Å². The number of rotatable bonds is 4. The van der Waals surface area contributed by atoms with E-state index in [0.717, 1.165) is 41.2 Å². The molecule has 20 heavy (non-hydrogen) atoms. The van der Waals surface area contributed by atoms with Gasteiger partial charge in [0.2, 0.25) is 0 Å². The van der Waals surface area contributed by atoms with Gasteiger partial charge in [0.15, 0.2) is 0 Å². The van der Waals surface area contributed by atoms with Gasteiger partial charge in [0.25, 0.3) is 0 Å². The fourth-order valence-corrected chi connectivity index (χ4v) is 4.87. The normalized spacial score (nSPS) is 21.9. The number of nitrogens with one attached hydrogen (secondary N) is 1. The van der Waals surface area contributed by atoms with Gasteiger partial charge in [-0.15, -0.1) is 0 Å². The third-order valence-corrected chi connectivity index (χ3v) is 5.71. The summed E-state index contributed by atoms with van der Waals surface area (Å²) < 4.78 is 2.19. The van der Waals surface area contributed by atoms with Gasteiger partial charge in [-0.05, 0) is 69.7 Å². The molecule has 0 bridgehead atoms. The summed E-state index contributed by atoms with van der Waals surface area (Å²) in [6, 6.07) is 4.60. The van der Waals surface area contributed by atoms with Crippen molar-refractivity contribution in [3.8, 4) is 5.75 Å². The van der Waals surface area contributed by atoms with Crippen LogP contribution < -0.4 is 5.32 Å². The van der Waals surface area contributed by atoms with Crippen LogP contribution >= 0.6 is 45.2 Å². The Bertz CT molecular complexity index is 485. The monoisotopic (exact) mass is 498 g/mol. The van der Waals surface area contributed by atoms with Crippen LogP contribution in [0.2, 0.25) is 0 Å². The van der Waals surface area contributed by atoms with E-state index in [1.165, 1.54) is 22.8 Å². The van der Waals surface area contributed by atoms with Gasteiger partial charge in [-0.3, -0.25) is 4.90 Å². The molecule has 0 spiro atoms. The molecule has 1 atom stereocenters. The number of phenolic OH excluding ortho intramolecular Hbond substituents is 1. The molecule has 1 aliphatic carbocycles. The first kappa shape index (κ1) is 15.3. The smallest absolute Gasteiger partial charge is 0.133 e. The molecule has 2 aliphatic rings. The number of halogens is 2. The lowest BCUT2D eigenvalue weighted by Gasteiger charge is -2.36. The van der Waals surface area contributed by atoms with Gasteiger partial charge in [-0.25, -0.2) is 0 Å². The molecule has 3 rings (SSSR count). The highest BCUT2D eigenvalue weighted by atomic mass is 127. The molecule has 0 radical (unpaired) electrons. The summed E-state index contributed by atoms with van der Waals surface area (Å²) in [5, 5.41) is 13.9. The molecule has 5 heteroatoms. The summed E-state index contributed by atoms with van der Waals surface area (Å²) in [6.45, 7) is 4.28. The molecular weight excluding hydrogens is 478 g/mol. The second kappa shape index (κ2) is 6.66. The molecule has 1 heterocycles. The highest BCUT2D eigenvalue weighted by molar-refractivity contribution is 14.1. The lowest BCUT2D eigenvalue weighted by Crippen LogP contribution is -2.45. The summed E-state index contributed by atoms with van der Waals surface area (Å²) in [6.07, 6.45) is 3.93. The zero-order chi connectivity index (χ0) is 14.1. The predicted molar refractivity (Wildman–Crippen MR) is 98.1 cm³/mol. The van der Waals surface area contributed by atoms with Gasteiger partial charge in [0, 0.05) is 41.4 Å². The standard InChI is InChI=1S/C15H20I2N2O/c16-11-8-12(15(20)13(17)9-11)14(7-10-1-2-10)19-5-3-18-4-6-19/h8-10,14,18,20H,1-7H2/t14-/m0/s1. The topological polar surface area (TPSA) is 35.5 Å². The molecule has 2 fully saturated rings. The van der Waals surface area contributed by atoms with Crippen LogP contribution in [0.1, 0.15) is 30.9 Å². The number of piperazine rings is 1. The summed E-state index contributed by atoms with van der Waals surface area (Å²) in [5.41, 5.74) is 1.13. The van der Waals surface area contributed by atoms with Gasteiger partial charge in [0.1, 0.15) is 5.75 Å². The number of aromatic hydroxyl groups is 1. The van der Waals surface area contributed by atoms with Crippen molar-refractivity contribution in [3.05, 3.63) is 24.8 Å². The van der Waals surface area contributed by atoms with E-state index < -0.39 is 0 Å². The largest absolute Gasteiger partial charge is 0.506 e. The first-order valence-electron chi connectivity index (χ1n) is 7.28. The van der Waals surface area contributed by atoms with Gasteiger partial charge >= 0.3 is 0 Å². The summed E-state index contributed by atoms with van der Waals surface area (Å²) in [7, 11) is 0. The maximum atomic E-state index is 10.5. The lowest BCUT2D eigenvalue weighted by atomic mass is 9.98. The molecule has 1 saturated carbocycles. The molecule has 0 amide bonds. The van der Waals surface area contributed by atoms with Crippen molar-refractivity contribution in [2.75, 3.05) is 26.2 Å². The Labute approximate surface area is 147 Å². The van der Waals surface area contributed by atoms with E-state index in [9.17, 15) is 5.11 Å². The van der Waals surface area contributed by atoms with Crippen LogP contribution in [0.5, 0.6) is 5.75 Å². The SMILES string of the molecule is Oc1c(I)cc(I)cc1[C@H](CC1CC1)N1CCNCC1. The molecule has 0 aromatic heterocycles. The minimum atomic E-state index is 0.382. The van der Waals surface area contributed by atoms with Crippen LogP contribution in [0.3, 0.4) is 0 Å². The average molecular weight is 498 g/mol. The zero-order valence-corrected chi connectivity index (χ0v) is 15.7. The number of phenols is 1. The molecule has 1 saturated heterocycles. The van der Waals surface area contributed by atoms with Crippen molar-refractivity contribution in [1.82, 2.24) is 10.2 Å². The summed E-state index contributed by atoms with van der Waals surface area (Å²) in [5.74, 6) is 1.36. The van der Waals surface area contributed by atoms with E-state index in [1.807, 2.05) is 6.07 Å². The number of hydrogen-bond donors (Lipinski definition) is 2. The zero-order valence-electron chi connectivity index (χ0n) is 11.4. The third-order valence-electron chi connectivity index (χ3n) is 4.26. The molecule has 2 N–H and O–H groups in total. The Morgan fingerprint density at radius 3 is 2.60 bits per heavy atom. The Balaban J connectivity index is 1.90. The number of nitrogens with zero attached hydrogens (tertiary/aromatic N) is 1. The maximum absolute atomic E-state index is 10.5. The van der Waals surface area contributed by atoms with Crippen molar-refractivity contribution >= 4 is 45.2 Å². The van der Waals surface area contributed by atoms with Crippen molar-refractivity contribution < 1.29 is 5.11 Å². The van der Waals surface area contributed by atoms with Crippen molar-refractivity contribution in [2.45, 2.75) is 25.3 Å². The molecule has 0 unspecified atom stereocenters. The average Bonchev–Trinajstić information content (AvgIpc) is 3.25. The molecule has 1 aliphatic heterocycles. The van der Waals surface area contributed by atoms with Crippen LogP contribution in [-0.2, 0) is 0 Å². The first-order chi connectivity index (χ1) is 9.65. The van der Waals surface area contributed by atoms with Gasteiger partial charge < -0.3 is 10.4 Å². The molecule has 110 valence electrons. The second-order valence-corrected chi connectivity index (χ2v) is 8.21. The Kier molecular flexibility index (Phi) is 5.10. The summed E-state index contributed by atoms with van der Waals surface area (Å²) >= 11 is 4.60. The number of hydrogen-bond acceptors (Lipinski definition) is 3. The van der Waals surface area contributed by atoms with E-state index in [1.54, 1.807) is 0 Å². The molecule has 1 aromatic carbocycles. The van der Waals surface area contributed by atoms with Gasteiger partial charge in [0.05, 0.1) is 3.57 Å². The van der Waals surface area contributed by atoms with E-state index >= 15 is 0 Å². The fraction of sp³-hybridized carbons (Fsp3) is 0.600. The van der Waals surface area contributed by atoms with Gasteiger partial charge in [-0.2, -0.15) is 0 Å². The highest BCUT2D eigenvalue weighted by Gasteiger charge is 2.32. The molecule has 1 aromatic rings. The molecular formula is C15H20I2N2O. The summed E-state index contributed by atoms with van der Waals surface area (Å²) in [4.78, 5) is 2.55. The first-order valence-corrected chi connectivity index (χ1v) is 9.43. The maximum Gasteiger partial charge on any atom is 0.133 e. The van der Waals surface area contributed by atoms with Crippen LogP contribution in [-0.4, -0.2) is 36.2 Å². The van der Waals surface area contributed by atoms with E-state index in [2.05, 4.69) is 61.5 Å². The van der Waals surface area contributed by atoms with Crippen molar-refractivity contribution in [3.63, 3.8) is 0 Å². The van der Waals surface area contributed by atoms with E-state index in [0.29, 0.717) is 11.8 Å².